The summed E-state index contributed by atoms with van der Waals surface area (Å²) in [6, 6.07) is 3.42. The molecule has 0 saturated heterocycles. The fourth-order valence-electron chi connectivity index (χ4n) is 0.434. The van der Waals surface area contributed by atoms with Gasteiger partial charge in [0.25, 0.3) is 0 Å². The van der Waals surface area contributed by atoms with Crippen molar-refractivity contribution in [1.82, 2.24) is 0 Å². The summed E-state index contributed by atoms with van der Waals surface area (Å²) in [5.74, 6) is 0. The minimum Gasteiger partial charge on any atom is -1.00 e. The Bertz CT molecular complexity index is 172. The van der Waals surface area contributed by atoms with Crippen LogP contribution in [0.1, 0.15) is 1.43 Å². The summed E-state index contributed by atoms with van der Waals surface area (Å²) >= 11 is 1.31. The van der Waals surface area contributed by atoms with Crippen LogP contribution in [0.3, 0.4) is 0 Å². The second kappa shape index (κ2) is 5.73. The summed E-state index contributed by atoms with van der Waals surface area (Å²) in [7, 11) is -1.70. The molecule has 10 heavy (non-hydrogen) atoms. The predicted octanol–water partition coefficient (Wildman–Crippen LogP) is -2.79. The van der Waals surface area contributed by atoms with Crippen LogP contribution >= 0.6 is 11.3 Å². The Morgan fingerprint density at radius 3 is 2.70 bits per heavy atom. The first kappa shape index (κ1) is 11.1. The van der Waals surface area contributed by atoms with Crippen LogP contribution < -0.4 is 56.0 Å². The number of hydrogen-bond donors (Lipinski definition) is 2. The zero-order chi connectivity index (χ0) is 6.69. The Morgan fingerprint density at radius 1 is 1.60 bits per heavy atom. The van der Waals surface area contributed by atoms with Gasteiger partial charge < -0.3 is 16.1 Å². The summed E-state index contributed by atoms with van der Waals surface area (Å²) < 4.78 is 4.48. The molecule has 0 aliphatic carbocycles. The fourth-order valence-corrected chi connectivity index (χ4v) is 1.02. The summed E-state index contributed by atoms with van der Waals surface area (Å²) in [5, 5.41) is 18.8. The third kappa shape index (κ3) is 4.09. The topological polar surface area (TPSA) is 49.7 Å². The molecule has 6 heteroatoms. The van der Waals surface area contributed by atoms with Gasteiger partial charge in [-0.1, -0.05) is 0 Å². The van der Waals surface area contributed by atoms with Crippen LogP contribution in [-0.4, -0.2) is 17.4 Å². The van der Waals surface area contributed by atoms with Crippen molar-refractivity contribution in [3.8, 4) is 5.06 Å². The molecule has 0 bridgehead atoms. The Labute approximate surface area is 107 Å². The van der Waals surface area contributed by atoms with Crippen molar-refractivity contribution in [1.29, 1.82) is 0 Å². The van der Waals surface area contributed by atoms with E-state index in [4.69, 9.17) is 10.0 Å². The van der Waals surface area contributed by atoms with E-state index in [2.05, 4.69) is 4.65 Å². The van der Waals surface area contributed by atoms with Gasteiger partial charge in [0, 0.05) is 0 Å². The smallest absolute Gasteiger partial charge is 1.00 e. The van der Waals surface area contributed by atoms with Crippen LogP contribution in [0.2, 0.25) is 0 Å². The maximum atomic E-state index is 8.26. The molecular formula is C4H6BKO3S. The Balaban J connectivity index is 0. The van der Waals surface area contributed by atoms with E-state index in [9.17, 15) is 0 Å². The second-order valence-corrected chi connectivity index (χ2v) is 2.29. The molecule has 1 aromatic rings. The van der Waals surface area contributed by atoms with Crippen LogP contribution in [0.15, 0.2) is 17.5 Å². The third-order valence-electron chi connectivity index (χ3n) is 0.717. The molecule has 1 aromatic heterocycles. The normalized spacial score (nSPS) is 8.20. The standard InChI is InChI=1S/C4H5BO3S.K.H/c6-5(7)8-4-2-1-3-9-4;;/h1-3,6-7H;;/q;+1;-1. The zero-order valence-corrected chi connectivity index (χ0v) is 9.46. The average molecular weight is 184 g/mol. The SMILES string of the molecule is OB(O)Oc1cccs1.[H-].[K+]. The molecular weight excluding hydrogens is 178 g/mol. The summed E-state index contributed by atoms with van der Waals surface area (Å²) in [5.41, 5.74) is 0. The quantitative estimate of drug-likeness (QED) is 0.488. The van der Waals surface area contributed by atoms with Crippen molar-refractivity contribution in [3.05, 3.63) is 17.5 Å². The summed E-state index contributed by atoms with van der Waals surface area (Å²) in [6.07, 6.45) is 0. The van der Waals surface area contributed by atoms with E-state index >= 15 is 0 Å². The molecule has 0 fully saturated rings. The molecule has 2 N–H and O–H groups in total. The molecule has 50 valence electrons. The molecule has 0 radical (unpaired) electrons. The number of thiophene rings is 1. The van der Waals surface area contributed by atoms with E-state index in [1.807, 2.05) is 0 Å². The van der Waals surface area contributed by atoms with Crippen molar-refractivity contribution in [2.24, 2.45) is 0 Å². The van der Waals surface area contributed by atoms with Gasteiger partial charge >= 0.3 is 58.7 Å². The molecule has 0 saturated carbocycles. The molecule has 1 rings (SSSR count). The minimum atomic E-state index is -1.70. The molecule has 0 amide bonds. The average Bonchev–Trinajstić information content (AvgIpc) is 2.15. The molecule has 0 aliphatic rings. The molecule has 0 aromatic carbocycles. The third-order valence-corrected chi connectivity index (χ3v) is 1.47. The van der Waals surface area contributed by atoms with Gasteiger partial charge in [0.15, 0.2) is 5.06 Å². The maximum absolute atomic E-state index is 8.26. The van der Waals surface area contributed by atoms with Gasteiger partial charge in [0.2, 0.25) is 0 Å². The maximum Gasteiger partial charge on any atom is 1.00 e. The molecule has 1 heterocycles. The second-order valence-electron chi connectivity index (χ2n) is 1.38. The first-order valence-corrected chi connectivity index (χ1v) is 3.23. The van der Waals surface area contributed by atoms with E-state index < -0.39 is 7.32 Å². The molecule has 0 unspecified atom stereocenters. The van der Waals surface area contributed by atoms with Crippen molar-refractivity contribution in [2.45, 2.75) is 0 Å². The van der Waals surface area contributed by atoms with Gasteiger partial charge in [-0.2, -0.15) is 0 Å². The van der Waals surface area contributed by atoms with Crippen LogP contribution in [0.5, 0.6) is 5.06 Å². The largest absolute Gasteiger partial charge is 1.00 e. The Morgan fingerprint density at radius 2 is 2.30 bits per heavy atom. The summed E-state index contributed by atoms with van der Waals surface area (Å²) in [4.78, 5) is 0. The first-order chi connectivity index (χ1) is 4.29. The predicted molar refractivity (Wildman–Crippen MR) is 36.3 cm³/mol. The van der Waals surface area contributed by atoms with Crippen molar-refractivity contribution >= 4 is 18.7 Å². The van der Waals surface area contributed by atoms with E-state index in [-0.39, 0.29) is 52.8 Å². The van der Waals surface area contributed by atoms with Gasteiger partial charge in [0.1, 0.15) is 0 Å². The molecule has 0 atom stereocenters. The van der Waals surface area contributed by atoms with Gasteiger partial charge in [-0.05, 0) is 17.5 Å². The van der Waals surface area contributed by atoms with E-state index in [1.165, 1.54) is 11.3 Å². The van der Waals surface area contributed by atoms with Crippen LogP contribution in [0, 0.1) is 0 Å². The van der Waals surface area contributed by atoms with Crippen LogP contribution in [0.4, 0.5) is 0 Å². The number of hydrogen-bond acceptors (Lipinski definition) is 4. The van der Waals surface area contributed by atoms with E-state index in [1.54, 1.807) is 17.5 Å². The van der Waals surface area contributed by atoms with Gasteiger partial charge in [-0.3, -0.25) is 0 Å². The fraction of sp³-hybridized carbons (Fsp3) is 0. The first-order valence-electron chi connectivity index (χ1n) is 2.35. The van der Waals surface area contributed by atoms with Gasteiger partial charge in [0.05, 0.1) is 0 Å². The van der Waals surface area contributed by atoms with E-state index in [0.717, 1.165) is 0 Å². The van der Waals surface area contributed by atoms with Gasteiger partial charge in [-0.25, -0.2) is 0 Å². The summed E-state index contributed by atoms with van der Waals surface area (Å²) in [6.45, 7) is 0. The van der Waals surface area contributed by atoms with Crippen LogP contribution in [-0.2, 0) is 0 Å². The Hall–Kier alpha value is 1.12. The monoisotopic (exact) mass is 184 g/mol. The molecule has 3 nitrogen and oxygen atoms in total. The van der Waals surface area contributed by atoms with Gasteiger partial charge in [-0.15, -0.1) is 11.3 Å². The number of rotatable bonds is 2. The van der Waals surface area contributed by atoms with Crippen molar-refractivity contribution in [3.63, 3.8) is 0 Å². The molecule has 0 spiro atoms. The van der Waals surface area contributed by atoms with Crippen molar-refractivity contribution in [2.75, 3.05) is 0 Å². The minimum absolute atomic E-state index is 0. The van der Waals surface area contributed by atoms with Crippen LogP contribution in [0.25, 0.3) is 0 Å². The Kier molecular flexibility index (Phi) is 6.37. The molecule has 0 aliphatic heterocycles. The van der Waals surface area contributed by atoms with Crippen molar-refractivity contribution < 1.29 is 67.5 Å². The zero-order valence-electron chi connectivity index (χ0n) is 6.52. The van der Waals surface area contributed by atoms with E-state index in [0.29, 0.717) is 5.06 Å².